The Hall–Kier alpha value is -0.380. The van der Waals surface area contributed by atoms with E-state index in [0.717, 1.165) is 6.42 Å². The van der Waals surface area contributed by atoms with E-state index < -0.39 is 10.8 Å². The van der Waals surface area contributed by atoms with Crippen LogP contribution in [0, 0.1) is 0 Å². The summed E-state index contributed by atoms with van der Waals surface area (Å²) in [5.41, 5.74) is 1.40. The second kappa shape index (κ2) is 11.1. The van der Waals surface area contributed by atoms with Crippen molar-refractivity contribution in [2.24, 2.45) is 0 Å². The first-order valence-corrected chi connectivity index (χ1v) is 6.99. The predicted molar refractivity (Wildman–Crippen MR) is 75.9 cm³/mol. The van der Waals surface area contributed by atoms with Gasteiger partial charge in [-0.3, -0.25) is 4.21 Å². The highest BCUT2D eigenvalue weighted by atomic mass is 35.5. The predicted octanol–water partition coefficient (Wildman–Crippen LogP) is 2.25. The molecule has 0 saturated carbocycles. The summed E-state index contributed by atoms with van der Waals surface area (Å²) >= 11 is 0. The smallest absolute Gasteiger partial charge is 0.0148 e. The van der Waals surface area contributed by atoms with Crippen molar-refractivity contribution in [1.29, 1.82) is 0 Å². The summed E-state index contributed by atoms with van der Waals surface area (Å²) in [5.74, 6) is 0. The Morgan fingerprint density at radius 1 is 1.25 bits per heavy atom. The van der Waals surface area contributed by atoms with Gasteiger partial charge in [-0.2, -0.15) is 0 Å². The maximum Gasteiger partial charge on any atom is 0.0148 e. The average Bonchev–Trinajstić information content (AvgIpc) is 2.18. The largest absolute Gasteiger partial charge is 0.317 e. The number of rotatable bonds is 3. The molecule has 1 rings (SSSR count). The van der Waals surface area contributed by atoms with Crippen molar-refractivity contribution in [3.63, 3.8) is 0 Å². The third kappa shape index (κ3) is 11.7. The van der Waals surface area contributed by atoms with Crippen molar-refractivity contribution < 1.29 is 4.21 Å². The van der Waals surface area contributed by atoms with Gasteiger partial charge in [0.2, 0.25) is 0 Å². The molecule has 0 aliphatic rings. The summed E-state index contributed by atoms with van der Waals surface area (Å²) in [6.45, 7) is 2.19. The van der Waals surface area contributed by atoms with Crippen LogP contribution in [0.2, 0.25) is 0 Å². The molecule has 2 nitrogen and oxygen atoms in total. The van der Waals surface area contributed by atoms with Crippen molar-refractivity contribution in [2.45, 2.75) is 19.4 Å². The number of nitrogens with one attached hydrogen (secondary N) is 1. The van der Waals surface area contributed by atoms with Crippen LogP contribution in [0.5, 0.6) is 0 Å². The zero-order chi connectivity index (χ0) is 11.7. The van der Waals surface area contributed by atoms with Gasteiger partial charge in [-0.15, -0.1) is 12.4 Å². The van der Waals surface area contributed by atoms with E-state index in [1.807, 2.05) is 13.1 Å². The minimum Gasteiger partial charge on any atom is -0.317 e. The third-order valence-electron chi connectivity index (χ3n) is 1.88. The zero-order valence-electron chi connectivity index (χ0n) is 10.4. The van der Waals surface area contributed by atoms with Crippen LogP contribution in [0.4, 0.5) is 0 Å². The van der Waals surface area contributed by atoms with Gasteiger partial charge in [0, 0.05) is 29.4 Å². The van der Waals surface area contributed by atoms with E-state index in [9.17, 15) is 4.21 Å². The number of likely N-dealkylation sites (N-methyl/N-ethyl adjacent to an activating group) is 1. The molecule has 0 aliphatic heterocycles. The molecule has 4 heteroatoms. The summed E-state index contributed by atoms with van der Waals surface area (Å²) in [6.07, 6.45) is 4.39. The summed E-state index contributed by atoms with van der Waals surface area (Å²) in [7, 11) is 1.38. The van der Waals surface area contributed by atoms with Crippen LogP contribution in [0.15, 0.2) is 30.3 Å². The molecule has 0 spiro atoms. The summed E-state index contributed by atoms with van der Waals surface area (Å²) < 4.78 is 9.56. The lowest BCUT2D eigenvalue weighted by Crippen LogP contribution is -2.23. The van der Waals surface area contributed by atoms with E-state index >= 15 is 0 Å². The molecule has 1 N–H and O–H groups in total. The molecule has 0 aliphatic carbocycles. The molecule has 0 radical (unpaired) electrons. The van der Waals surface area contributed by atoms with E-state index in [4.69, 9.17) is 0 Å². The normalized spacial score (nSPS) is 11.1. The van der Waals surface area contributed by atoms with Crippen LogP contribution in [-0.4, -0.2) is 29.8 Å². The molecule has 94 valence electrons. The van der Waals surface area contributed by atoms with E-state index in [-0.39, 0.29) is 12.4 Å². The van der Waals surface area contributed by atoms with Gasteiger partial charge >= 0.3 is 0 Å². The van der Waals surface area contributed by atoms with Gasteiger partial charge in [0.05, 0.1) is 0 Å². The van der Waals surface area contributed by atoms with Crippen molar-refractivity contribution in [1.82, 2.24) is 5.32 Å². The third-order valence-corrected chi connectivity index (χ3v) is 1.88. The van der Waals surface area contributed by atoms with Crippen molar-refractivity contribution in [3.8, 4) is 0 Å². The van der Waals surface area contributed by atoms with E-state index in [2.05, 4.69) is 36.5 Å². The standard InChI is InChI=1S/C10H15N.C2H6OS.ClH/c1-9(11-2)8-10-6-4-3-5-7-10;1-4(2)3;/h3-7,9,11H,8H2,1-2H3;1-2H3;1H/t9-;;/m0../s1. The molecular formula is C12H22ClNOS. The van der Waals surface area contributed by atoms with Gasteiger partial charge < -0.3 is 5.32 Å². The Balaban J connectivity index is 0. The van der Waals surface area contributed by atoms with Crippen LogP contribution in [-0.2, 0) is 17.2 Å². The minimum atomic E-state index is -0.611. The maximum absolute atomic E-state index is 9.56. The molecule has 0 fully saturated rings. The first kappa shape index (κ1) is 18.0. The molecule has 1 aromatic carbocycles. The highest BCUT2D eigenvalue weighted by molar-refractivity contribution is 7.83. The highest BCUT2D eigenvalue weighted by Gasteiger charge is 1.97. The quantitative estimate of drug-likeness (QED) is 0.906. The first-order chi connectivity index (χ1) is 7.06. The topological polar surface area (TPSA) is 29.1 Å². The second-order valence-electron chi connectivity index (χ2n) is 3.62. The molecule has 0 heterocycles. The Morgan fingerprint density at radius 3 is 2.06 bits per heavy atom. The summed E-state index contributed by atoms with van der Waals surface area (Å²) in [5, 5.41) is 3.21. The number of hydrogen-bond donors (Lipinski definition) is 1. The molecule has 0 amide bonds. The molecule has 0 aromatic heterocycles. The van der Waals surface area contributed by atoms with Crippen molar-refractivity contribution >= 4 is 23.2 Å². The Morgan fingerprint density at radius 2 is 1.69 bits per heavy atom. The van der Waals surface area contributed by atoms with Gasteiger partial charge in [-0.05, 0) is 26.0 Å². The van der Waals surface area contributed by atoms with Gasteiger partial charge in [0.25, 0.3) is 0 Å². The maximum atomic E-state index is 9.56. The first-order valence-electron chi connectivity index (χ1n) is 5.02. The molecule has 1 aromatic rings. The molecule has 0 unspecified atom stereocenters. The van der Waals surface area contributed by atoms with Crippen LogP contribution in [0.25, 0.3) is 0 Å². The van der Waals surface area contributed by atoms with Crippen LogP contribution >= 0.6 is 12.4 Å². The fraction of sp³-hybridized carbons (Fsp3) is 0.500. The van der Waals surface area contributed by atoms with Crippen molar-refractivity contribution in [3.05, 3.63) is 35.9 Å². The number of halogens is 1. The van der Waals surface area contributed by atoms with Gasteiger partial charge in [0.15, 0.2) is 0 Å². The van der Waals surface area contributed by atoms with Gasteiger partial charge in [-0.25, -0.2) is 0 Å². The fourth-order valence-corrected chi connectivity index (χ4v) is 1.07. The summed E-state index contributed by atoms with van der Waals surface area (Å²) in [4.78, 5) is 0. The molecule has 0 saturated heterocycles. The number of benzene rings is 1. The van der Waals surface area contributed by atoms with E-state index in [1.54, 1.807) is 12.5 Å². The fourth-order valence-electron chi connectivity index (χ4n) is 1.07. The van der Waals surface area contributed by atoms with E-state index in [1.165, 1.54) is 5.56 Å². The second-order valence-corrected chi connectivity index (χ2v) is 5.10. The van der Waals surface area contributed by atoms with Crippen LogP contribution in [0.1, 0.15) is 12.5 Å². The highest BCUT2D eigenvalue weighted by Crippen LogP contribution is 2.01. The Bertz CT molecular complexity index is 276. The molecule has 1 atom stereocenters. The average molecular weight is 264 g/mol. The Labute approximate surface area is 108 Å². The van der Waals surface area contributed by atoms with E-state index in [0.29, 0.717) is 6.04 Å². The lowest BCUT2D eigenvalue weighted by Gasteiger charge is -2.08. The van der Waals surface area contributed by atoms with Crippen LogP contribution in [0.3, 0.4) is 0 Å². The van der Waals surface area contributed by atoms with Gasteiger partial charge in [-0.1, -0.05) is 30.3 Å². The number of hydrogen-bond acceptors (Lipinski definition) is 2. The Kier molecular flexibility index (Phi) is 12.5. The lowest BCUT2D eigenvalue weighted by atomic mass is 10.1. The SMILES string of the molecule is CN[C@@H](C)Cc1ccccc1.CS(C)=O.Cl. The van der Waals surface area contributed by atoms with Gasteiger partial charge in [0.1, 0.15) is 0 Å². The molecule has 16 heavy (non-hydrogen) atoms. The zero-order valence-corrected chi connectivity index (χ0v) is 12.0. The minimum absolute atomic E-state index is 0. The monoisotopic (exact) mass is 263 g/mol. The molecule has 0 bridgehead atoms. The lowest BCUT2D eigenvalue weighted by molar-refractivity contribution is 0.608. The molecular weight excluding hydrogens is 242 g/mol. The summed E-state index contributed by atoms with van der Waals surface area (Å²) in [6, 6.07) is 11.1. The van der Waals surface area contributed by atoms with Crippen LogP contribution < -0.4 is 5.32 Å². The van der Waals surface area contributed by atoms with Crippen molar-refractivity contribution in [2.75, 3.05) is 19.6 Å².